The quantitative estimate of drug-likeness (QED) is 0.582. The van der Waals surface area contributed by atoms with Gasteiger partial charge < -0.3 is 4.74 Å². The minimum absolute atomic E-state index is 0.0336. The minimum atomic E-state index is 0.0336. The highest BCUT2D eigenvalue weighted by molar-refractivity contribution is 5.51. The molecule has 0 aromatic heterocycles. The molecule has 0 N–H and O–H groups in total. The first-order chi connectivity index (χ1) is 9.49. The molecular weight excluding hydrogens is 244 g/mol. The summed E-state index contributed by atoms with van der Waals surface area (Å²) >= 11 is 0. The molecule has 0 saturated carbocycles. The standard InChI is InChI=1S/C19H26O/c1-6-19(4,14-7-8-16(2)3)15-13-17-9-11-18(20-5)12-10-17/h6,8-13,15H,1,7,14H2,2-5H3/t19-/m1/s1. The number of rotatable bonds is 7. The van der Waals surface area contributed by atoms with E-state index in [1.54, 1.807) is 7.11 Å². The van der Waals surface area contributed by atoms with E-state index in [1.807, 2.05) is 18.2 Å². The molecule has 0 aliphatic rings. The Kier molecular flexibility index (Phi) is 6.30. The summed E-state index contributed by atoms with van der Waals surface area (Å²) in [6, 6.07) is 8.09. The molecule has 20 heavy (non-hydrogen) atoms. The first-order valence-corrected chi connectivity index (χ1v) is 7.09. The largest absolute Gasteiger partial charge is 0.497 e. The molecular formula is C19H26O. The zero-order valence-corrected chi connectivity index (χ0v) is 13.1. The molecule has 1 heteroatoms. The van der Waals surface area contributed by atoms with Gasteiger partial charge in [0, 0.05) is 5.41 Å². The van der Waals surface area contributed by atoms with E-state index in [-0.39, 0.29) is 5.41 Å². The van der Waals surface area contributed by atoms with Crippen molar-refractivity contribution in [3.05, 3.63) is 60.2 Å². The van der Waals surface area contributed by atoms with Crippen molar-refractivity contribution in [1.82, 2.24) is 0 Å². The van der Waals surface area contributed by atoms with Crippen molar-refractivity contribution in [2.45, 2.75) is 33.6 Å². The molecule has 0 spiro atoms. The van der Waals surface area contributed by atoms with Crippen molar-refractivity contribution in [2.75, 3.05) is 7.11 Å². The highest BCUT2D eigenvalue weighted by Gasteiger charge is 2.14. The van der Waals surface area contributed by atoms with Crippen LogP contribution in [0, 0.1) is 5.41 Å². The number of hydrogen-bond donors (Lipinski definition) is 0. The molecule has 0 amide bonds. The van der Waals surface area contributed by atoms with Gasteiger partial charge in [0.05, 0.1) is 7.11 Å². The van der Waals surface area contributed by atoms with Crippen LogP contribution in [-0.2, 0) is 0 Å². The van der Waals surface area contributed by atoms with Crippen LogP contribution in [0.15, 0.2) is 54.6 Å². The van der Waals surface area contributed by atoms with E-state index < -0.39 is 0 Å². The van der Waals surface area contributed by atoms with E-state index in [0.717, 1.165) is 18.6 Å². The van der Waals surface area contributed by atoms with Gasteiger partial charge in [-0.2, -0.15) is 0 Å². The third-order valence-electron chi connectivity index (χ3n) is 3.47. The molecule has 1 aromatic rings. The fraction of sp³-hybridized carbons (Fsp3) is 0.368. The molecule has 108 valence electrons. The zero-order chi connectivity index (χ0) is 15.0. The Labute approximate surface area is 123 Å². The van der Waals surface area contributed by atoms with Gasteiger partial charge in [0.15, 0.2) is 0 Å². The maximum absolute atomic E-state index is 5.16. The van der Waals surface area contributed by atoms with E-state index in [4.69, 9.17) is 4.74 Å². The van der Waals surface area contributed by atoms with Crippen LogP contribution < -0.4 is 4.74 Å². The molecule has 0 aliphatic carbocycles. The van der Waals surface area contributed by atoms with Crippen molar-refractivity contribution >= 4 is 6.08 Å². The summed E-state index contributed by atoms with van der Waals surface area (Å²) in [7, 11) is 1.68. The zero-order valence-electron chi connectivity index (χ0n) is 13.1. The fourth-order valence-electron chi connectivity index (χ4n) is 1.93. The maximum Gasteiger partial charge on any atom is 0.118 e. The van der Waals surface area contributed by atoms with Crippen LogP contribution in [0.4, 0.5) is 0 Å². The van der Waals surface area contributed by atoms with Crippen molar-refractivity contribution < 1.29 is 4.74 Å². The highest BCUT2D eigenvalue weighted by Crippen LogP contribution is 2.28. The average molecular weight is 270 g/mol. The summed E-state index contributed by atoms with van der Waals surface area (Å²) < 4.78 is 5.16. The number of allylic oxidation sites excluding steroid dienone is 4. The second kappa shape index (κ2) is 7.74. The molecule has 1 nitrogen and oxygen atoms in total. The van der Waals surface area contributed by atoms with Gasteiger partial charge in [-0.1, -0.05) is 48.9 Å². The second-order valence-corrected chi connectivity index (χ2v) is 5.64. The van der Waals surface area contributed by atoms with Gasteiger partial charge in [-0.3, -0.25) is 0 Å². The summed E-state index contributed by atoms with van der Waals surface area (Å²) in [5.74, 6) is 0.886. The molecule has 0 fully saturated rings. The molecule has 1 atom stereocenters. The van der Waals surface area contributed by atoms with E-state index >= 15 is 0 Å². The van der Waals surface area contributed by atoms with Crippen LogP contribution in [-0.4, -0.2) is 7.11 Å². The summed E-state index contributed by atoms with van der Waals surface area (Å²) in [6.45, 7) is 10.5. The summed E-state index contributed by atoms with van der Waals surface area (Å²) in [5, 5.41) is 0. The SMILES string of the molecule is C=C[C@@](C)(C=Cc1ccc(OC)cc1)CCC=C(C)C. The van der Waals surface area contributed by atoms with Gasteiger partial charge in [0.25, 0.3) is 0 Å². The highest BCUT2D eigenvalue weighted by atomic mass is 16.5. The molecule has 0 radical (unpaired) electrons. The molecule has 1 aromatic carbocycles. The van der Waals surface area contributed by atoms with Gasteiger partial charge >= 0.3 is 0 Å². The monoisotopic (exact) mass is 270 g/mol. The number of hydrogen-bond acceptors (Lipinski definition) is 1. The van der Waals surface area contributed by atoms with E-state index in [1.165, 1.54) is 11.1 Å². The normalized spacial score (nSPS) is 13.8. The van der Waals surface area contributed by atoms with Gasteiger partial charge in [-0.05, 0) is 44.4 Å². The first-order valence-electron chi connectivity index (χ1n) is 7.09. The lowest BCUT2D eigenvalue weighted by Crippen LogP contribution is -2.08. The number of ether oxygens (including phenoxy) is 1. The topological polar surface area (TPSA) is 9.23 Å². The van der Waals surface area contributed by atoms with Crippen LogP contribution in [0.1, 0.15) is 39.2 Å². The van der Waals surface area contributed by atoms with Crippen molar-refractivity contribution in [3.8, 4) is 5.75 Å². The van der Waals surface area contributed by atoms with Gasteiger partial charge in [0.1, 0.15) is 5.75 Å². The van der Waals surface area contributed by atoms with E-state index in [9.17, 15) is 0 Å². The second-order valence-electron chi connectivity index (χ2n) is 5.64. The summed E-state index contributed by atoms with van der Waals surface area (Å²) in [5.41, 5.74) is 2.59. The van der Waals surface area contributed by atoms with Crippen LogP contribution in [0.5, 0.6) is 5.75 Å². The third-order valence-corrected chi connectivity index (χ3v) is 3.47. The Morgan fingerprint density at radius 1 is 1.25 bits per heavy atom. The lowest BCUT2D eigenvalue weighted by Gasteiger charge is -2.20. The third kappa shape index (κ3) is 5.48. The van der Waals surface area contributed by atoms with Crippen molar-refractivity contribution in [3.63, 3.8) is 0 Å². The van der Waals surface area contributed by atoms with Gasteiger partial charge in [-0.25, -0.2) is 0 Å². The molecule has 0 aliphatic heterocycles. The Morgan fingerprint density at radius 3 is 2.40 bits per heavy atom. The van der Waals surface area contributed by atoms with Crippen molar-refractivity contribution in [1.29, 1.82) is 0 Å². The predicted molar refractivity (Wildman–Crippen MR) is 89.0 cm³/mol. The summed E-state index contributed by atoms with van der Waals surface area (Å²) in [4.78, 5) is 0. The lowest BCUT2D eigenvalue weighted by molar-refractivity contribution is 0.415. The van der Waals surface area contributed by atoms with Crippen molar-refractivity contribution in [2.24, 2.45) is 5.41 Å². The van der Waals surface area contributed by atoms with Crippen LogP contribution in [0.25, 0.3) is 6.08 Å². The van der Waals surface area contributed by atoms with Crippen LogP contribution in [0.2, 0.25) is 0 Å². The maximum atomic E-state index is 5.16. The molecule has 0 bridgehead atoms. The van der Waals surface area contributed by atoms with Crippen LogP contribution in [0.3, 0.4) is 0 Å². The predicted octanol–water partition coefficient (Wildman–Crippen LogP) is 5.65. The van der Waals surface area contributed by atoms with Gasteiger partial charge in [-0.15, -0.1) is 6.58 Å². The molecule has 0 saturated heterocycles. The Bertz CT molecular complexity index is 475. The van der Waals surface area contributed by atoms with E-state index in [2.05, 4.69) is 57.7 Å². The minimum Gasteiger partial charge on any atom is -0.497 e. The molecule has 0 unspecified atom stereocenters. The Morgan fingerprint density at radius 2 is 1.90 bits per heavy atom. The first kappa shape index (κ1) is 16.3. The number of benzene rings is 1. The van der Waals surface area contributed by atoms with Gasteiger partial charge in [0.2, 0.25) is 0 Å². The summed E-state index contributed by atoms with van der Waals surface area (Å²) in [6.07, 6.45) is 10.9. The number of methoxy groups -OCH3 is 1. The molecule has 0 heterocycles. The van der Waals surface area contributed by atoms with Crippen LogP contribution >= 0.6 is 0 Å². The Balaban J connectivity index is 2.72. The fourth-order valence-corrected chi connectivity index (χ4v) is 1.93. The smallest absolute Gasteiger partial charge is 0.118 e. The lowest BCUT2D eigenvalue weighted by atomic mass is 9.84. The average Bonchev–Trinajstić information content (AvgIpc) is 2.45. The molecule has 1 rings (SSSR count). The van der Waals surface area contributed by atoms with E-state index in [0.29, 0.717) is 0 Å². The Hall–Kier alpha value is -1.76.